The molecule has 1 aromatic rings. The van der Waals surface area contributed by atoms with Crippen LogP contribution in [-0.4, -0.2) is 53.4 Å². The minimum atomic E-state index is -0.659. The fourth-order valence-electron chi connectivity index (χ4n) is 3.14. The molecule has 1 unspecified atom stereocenters. The van der Waals surface area contributed by atoms with Crippen LogP contribution in [0.25, 0.3) is 0 Å². The standard InChI is InChI=1S/C22H32N4O5/c1-14(2)26-13-16(10-19(26)28)20(29)25-17-8-6-7-15(9-17)11-23-18(27)12-24-21(30)31-22(3,4)5/h6-9,14,16H,10-13H2,1-5H3,(H,23,27)(H,24,30)(H,25,29). The molecule has 1 aromatic carbocycles. The highest BCUT2D eigenvalue weighted by Crippen LogP contribution is 2.22. The van der Waals surface area contributed by atoms with Crippen molar-refractivity contribution in [1.29, 1.82) is 0 Å². The Balaban J connectivity index is 1.81. The van der Waals surface area contributed by atoms with Crippen molar-refractivity contribution in [2.24, 2.45) is 5.92 Å². The van der Waals surface area contributed by atoms with Gasteiger partial charge in [-0.2, -0.15) is 0 Å². The molecule has 2 rings (SSSR count). The first-order valence-corrected chi connectivity index (χ1v) is 10.4. The summed E-state index contributed by atoms with van der Waals surface area (Å²) in [5, 5.41) is 7.95. The zero-order chi connectivity index (χ0) is 23.2. The van der Waals surface area contributed by atoms with Gasteiger partial charge in [0.25, 0.3) is 0 Å². The number of amides is 4. The average Bonchev–Trinajstić information content (AvgIpc) is 3.06. The summed E-state index contributed by atoms with van der Waals surface area (Å²) in [4.78, 5) is 49.8. The van der Waals surface area contributed by atoms with Crippen molar-refractivity contribution in [1.82, 2.24) is 15.5 Å². The molecule has 1 atom stereocenters. The van der Waals surface area contributed by atoms with Gasteiger partial charge in [-0.25, -0.2) is 4.79 Å². The molecule has 1 saturated heterocycles. The van der Waals surface area contributed by atoms with Gasteiger partial charge in [0.2, 0.25) is 17.7 Å². The molecule has 31 heavy (non-hydrogen) atoms. The zero-order valence-corrected chi connectivity index (χ0v) is 18.8. The van der Waals surface area contributed by atoms with Crippen molar-refractivity contribution in [2.45, 2.75) is 59.2 Å². The number of nitrogens with one attached hydrogen (secondary N) is 3. The monoisotopic (exact) mass is 432 g/mol. The Hall–Kier alpha value is -3.10. The topological polar surface area (TPSA) is 117 Å². The lowest BCUT2D eigenvalue weighted by molar-refractivity contribution is -0.129. The summed E-state index contributed by atoms with van der Waals surface area (Å²) in [6.07, 6.45) is -0.446. The van der Waals surface area contributed by atoms with E-state index in [2.05, 4.69) is 16.0 Å². The third kappa shape index (κ3) is 7.92. The molecular weight excluding hydrogens is 400 g/mol. The summed E-state index contributed by atoms with van der Waals surface area (Å²) < 4.78 is 5.08. The Kier molecular flexibility index (Phi) is 8.01. The highest BCUT2D eigenvalue weighted by atomic mass is 16.6. The lowest BCUT2D eigenvalue weighted by Crippen LogP contribution is -2.39. The van der Waals surface area contributed by atoms with Gasteiger partial charge in [-0.15, -0.1) is 0 Å². The highest BCUT2D eigenvalue weighted by molar-refractivity contribution is 5.97. The second-order valence-electron chi connectivity index (χ2n) is 8.86. The number of alkyl carbamates (subject to hydrolysis) is 1. The van der Waals surface area contributed by atoms with E-state index < -0.39 is 11.7 Å². The number of rotatable bonds is 7. The quantitative estimate of drug-likeness (QED) is 0.609. The predicted octanol–water partition coefficient (Wildman–Crippen LogP) is 2.02. The van der Waals surface area contributed by atoms with Gasteiger partial charge in [0.05, 0.1) is 5.92 Å². The summed E-state index contributed by atoms with van der Waals surface area (Å²) in [5.74, 6) is -0.943. The molecule has 1 aliphatic rings. The molecule has 0 radical (unpaired) electrons. The molecule has 9 heteroatoms. The number of carbonyl (C=O) groups is 4. The number of nitrogens with zero attached hydrogens (tertiary/aromatic N) is 1. The first kappa shape index (κ1) is 24.2. The molecule has 0 saturated carbocycles. The molecule has 170 valence electrons. The van der Waals surface area contributed by atoms with Crippen LogP contribution in [-0.2, 0) is 25.7 Å². The zero-order valence-electron chi connectivity index (χ0n) is 18.8. The molecule has 1 aliphatic heterocycles. The number of hydrogen-bond acceptors (Lipinski definition) is 5. The number of benzene rings is 1. The van der Waals surface area contributed by atoms with E-state index in [0.717, 1.165) is 5.56 Å². The third-order valence-corrected chi connectivity index (χ3v) is 4.63. The normalized spacial score (nSPS) is 16.3. The van der Waals surface area contributed by atoms with Crippen molar-refractivity contribution in [3.05, 3.63) is 29.8 Å². The van der Waals surface area contributed by atoms with Crippen LogP contribution in [0.1, 0.15) is 46.6 Å². The Morgan fingerprint density at radius 1 is 1.19 bits per heavy atom. The van der Waals surface area contributed by atoms with Crippen molar-refractivity contribution in [2.75, 3.05) is 18.4 Å². The van der Waals surface area contributed by atoms with Gasteiger partial charge in [0.1, 0.15) is 12.1 Å². The average molecular weight is 433 g/mol. The van der Waals surface area contributed by atoms with Gasteiger partial charge < -0.3 is 25.6 Å². The molecule has 0 bridgehead atoms. The van der Waals surface area contributed by atoms with Gasteiger partial charge in [-0.05, 0) is 52.3 Å². The molecule has 0 aromatic heterocycles. The van der Waals surface area contributed by atoms with Crippen LogP contribution >= 0.6 is 0 Å². The molecule has 9 nitrogen and oxygen atoms in total. The van der Waals surface area contributed by atoms with Crippen LogP contribution in [0.5, 0.6) is 0 Å². The largest absolute Gasteiger partial charge is 0.444 e. The summed E-state index contributed by atoms with van der Waals surface area (Å²) in [6.45, 7) is 9.53. The van der Waals surface area contributed by atoms with Gasteiger partial charge >= 0.3 is 6.09 Å². The summed E-state index contributed by atoms with van der Waals surface area (Å²) >= 11 is 0. The van der Waals surface area contributed by atoms with E-state index in [0.29, 0.717) is 12.2 Å². The Morgan fingerprint density at radius 3 is 2.52 bits per heavy atom. The number of anilines is 1. The Labute approximate surface area is 182 Å². The lowest BCUT2D eigenvalue weighted by Gasteiger charge is -2.20. The van der Waals surface area contributed by atoms with E-state index >= 15 is 0 Å². The van der Waals surface area contributed by atoms with Crippen LogP contribution in [0.2, 0.25) is 0 Å². The fraction of sp³-hybridized carbons (Fsp3) is 0.545. The van der Waals surface area contributed by atoms with E-state index in [1.807, 2.05) is 19.9 Å². The van der Waals surface area contributed by atoms with Gasteiger partial charge in [0.15, 0.2) is 0 Å². The molecular formula is C22H32N4O5. The molecule has 0 spiro atoms. The van der Waals surface area contributed by atoms with Crippen LogP contribution in [0, 0.1) is 5.92 Å². The summed E-state index contributed by atoms with van der Waals surface area (Å²) in [5.41, 5.74) is 0.749. The van der Waals surface area contributed by atoms with Crippen molar-refractivity contribution in [3.63, 3.8) is 0 Å². The summed E-state index contributed by atoms with van der Waals surface area (Å²) in [6, 6.07) is 7.18. The van der Waals surface area contributed by atoms with Crippen molar-refractivity contribution < 1.29 is 23.9 Å². The Bertz CT molecular complexity index is 831. The number of carbonyl (C=O) groups excluding carboxylic acids is 4. The van der Waals surface area contributed by atoms with E-state index in [1.54, 1.807) is 43.9 Å². The first-order chi connectivity index (χ1) is 14.4. The highest BCUT2D eigenvalue weighted by Gasteiger charge is 2.35. The van der Waals surface area contributed by atoms with Crippen molar-refractivity contribution in [3.8, 4) is 0 Å². The summed E-state index contributed by atoms with van der Waals surface area (Å²) in [7, 11) is 0. The van der Waals surface area contributed by atoms with Crippen LogP contribution < -0.4 is 16.0 Å². The third-order valence-electron chi connectivity index (χ3n) is 4.63. The number of likely N-dealkylation sites (tertiary alicyclic amines) is 1. The van der Waals surface area contributed by atoms with Gasteiger partial charge in [-0.1, -0.05) is 12.1 Å². The lowest BCUT2D eigenvalue weighted by atomic mass is 10.1. The van der Waals surface area contributed by atoms with Crippen LogP contribution in [0.3, 0.4) is 0 Å². The van der Waals surface area contributed by atoms with Crippen LogP contribution in [0.4, 0.5) is 10.5 Å². The van der Waals surface area contributed by atoms with Crippen molar-refractivity contribution >= 4 is 29.5 Å². The maximum atomic E-state index is 12.5. The molecule has 1 heterocycles. The molecule has 4 amide bonds. The van der Waals surface area contributed by atoms with E-state index in [-0.39, 0.29) is 49.2 Å². The second kappa shape index (κ2) is 10.3. The first-order valence-electron chi connectivity index (χ1n) is 10.4. The smallest absolute Gasteiger partial charge is 0.408 e. The maximum absolute atomic E-state index is 12.5. The Morgan fingerprint density at radius 2 is 1.90 bits per heavy atom. The molecule has 0 aliphatic carbocycles. The van der Waals surface area contributed by atoms with Crippen LogP contribution in [0.15, 0.2) is 24.3 Å². The number of hydrogen-bond donors (Lipinski definition) is 3. The maximum Gasteiger partial charge on any atom is 0.408 e. The van der Waals surface area contributed by atoms with E-state index in [9.17, 15) is 19.2 Å². The number of ether oxygens (including phenoxy) is 1. The van der Waals surface area contributed by atoms with Gasteiger partial charge in [0, 0.05) is 31.2 Å². The minimum Gasteiger partial charge on any atom is -0.444 e. The second-order valence-corrected chi connectivity index (χ2v) is 8.86. The molecule has 3 N–H and O–H groups in total. The minimum absolute atomic E-state index is 0.00777. The predicted molar refractivity (Wildman–Crippen MR) is 116 cm³/mol. The van der Waals surface area contributed by atoms with Gasteiger partial charge in [-0.3, -0.25) is 14.4 Å². The van der Waals surface area contributed by atoms with E-state index in [1.165, 1.54) is 0 Å². The SMILES string of the molecule is CC(C)N1CC(C(=O)Nc2cccc(CNC(=O)CNC(=O)OC(C)(C)C)c2)CC1=O. The van der Waals surface area contributed by atoms with E-state index in [4.69, 9.17) is 4.74 Å². The fourth-order valence-corrected chi connectivity index (χ4v) is 3.14. The molecule has 1 fully saturated rings.